The Morgan fingerprint density at radius 2 is 1.83 bits per heavy atom. The lowest BCUT2D eigenvalue weighted by molar-refractivity contribution is -0.126. The number of benzene rings is 2. The number of carbonyl (C=O) groups excluding carboxylic acids is 2. The van der Waals surface area contributed by atoms with E-state index >= 15 is 0 Å². The number of halogens is 1. The summed E-state index contributed by atoms with van der Waals surface area (Å²) in [5.41, 5.74) is 4.64. The standard InChI is InChI=1S/C20H21ClN4O4S/c1-12-7-17(8-13(2)19(12)30(22,28)29)25-11-15(9-18(25)26)20(27)24-23-10-14-3-5-16(21)6-4-14/h3-8,10,15H,9,11H2,1-2H3,(H,24,27)(H2,22,28,29)/b23-10+. The number of aryl methyl sites for hydroxylation is 2. The molecule has 1 atom stereocenters. The fraction of sp³-hybridized carbons (Fsp3) is 0.250. The van der Waals surface area contributed by atoms with Gasteiger partial charge in [0.15, 0.2) is 0 Å². The number of amides is 2. The van der Waals surface area contributed by atoms with Crippen molar-refractivity contribution in [3.63, 3.8) is 0 Å². The molecule has 30 heavy (non-hydrogen) atoms. The summed E-state index contributed by atoms with van der Waals surface area (Å²) in [4.78, 5) is 26.4. The summed E-state index contributed by atoms with van der Waals surface area (Å²) < 4.78 is 23.5. The summed E-state index contributed by atoms with van der Waals surface area (Å²) in [7, 11) is -3.87. The molecule has 1 fully saturated rings. The highest BCUT2D eigenvalue weighted by Gasteiger charge is 2.35. The highest BCUT2D eigenvalue weighted by atomic mass is 35.5. The number of carbonyl (C=O) groups is 2. The van der Waals surface area contributed by atoms with E-state index in [2.05, 4.69) is 10.5 Å². The van der Waals surface area contributed by atoms with Crippen molar-refractivity contribution in [2.75, 3.05) is 11.4 Å². The predicted octanol–water partition coefficient (Wildman–Crippen LogP) is 2.11. The van der Waals surface area contributed by atoms with E-state index in [-0.39, 0.29) is 29.7 Å². The molecule has 0 saturated carbocycles. The highest BCUT2D eigenvalue weighted by molar-refractivity contribution is 7.89. The van der Waals surface area contributed by atoms with Gasteiger partial charge >= 0.3 is 0 Å². The molecule has 0 aromatic heterocycles. The van der Waals surface area contributed by atoms with Gasteiger partial charge in [0.2, 0.25) is 21.8 Å². The minimum absolute atomic E-state index is 0.0390. The monoisotopic (exact) mass is 448 g/mol. The molecule has 0 aliphatic carbocycles. The molecule has 1 unspecified atom stereocenters. The summed E-state index contributed by atoms with van der Waals surface area (Å²) in [5, 5.41) is 9.79. The molecule has 3 rings (SSSR count). The van der Waals surface area contributed by atoms with Gasteiger partial charge in [0, 0.05) is 23.7 Å². The third-order valence-electron chi connectivity index (χ3n) is 4.80. The van der Waals surface area contributed by atoms with Crippen LogP contribution in [0.5, 0.6) is 0 Å². The second kappa shape index (κ2) is 8.55. The first-order chi connectivity index (χ1) is 14.1. The number of rotatable bonds is 5. The normalized spacial score (nSPS) is 17.0. The van der Waals surface area contributed by atoms with Crippen LogP contribution in [-0.4, -0.2) is 33.0 Å². The van der Waals surface area contributed by atoms with Crippen molar-refractivity contribution in [3.05, 3.63) is 58.1 Å². The van der Waals surface area contributed by atoms with Crippen LogP contribution in [0.25, 0.3) is 0 Å². The molecule has 1 saturated heterocycles. The van der Waals surface area contributed by atoms with Crippen LogP contribution in [0, 0.1) is 19.8 Å². The first kappa shape index (κ1) is 21.9. The largest absolute Gasteiger partial charge is 0.312 e. The quantitative estimate of drug-likeness (QED) is 0.537. The molecular weight excluding hydrogens is 428 g/mol. The third-order valence-corrected chi connectivity index (χ3v) is 6.26. The van der Waals surface area contributed by atoms with Crippen LogP contribution < -0.4 is 15.5 Å². The third kappa shape index (κ3) is 4.86. The zero-order valence-electron chi connectivity index (χ0n) is 16.4. The molecule has 2 aromatic carbocycles. The second-order valence-corrected chi connectivity index (χ2v) is 9.08. The van der Waals surface area contributed by atoms with E-state index in [0.717, 1.165) is 5.56 Å². The Morgan fingerprint density at radius 1 is 1.23 bits per heavy atom. The Labute approximate surface area is 179 Å². The number of nitrogens with one attached hydrogen (secondary N) is 1. The van der Waals surface area contributed by atoms with Gasteiger partial charge in [-0.1, -0.05) is 23.7 Å². The number of sulfonamides is 1. The van der Waals surface area contributed by atoms with Crippen molar-refractivity contribution < 1.29 is 18.0 Å². The van der Waals surface area contributed by atoms with E-state index in [9.17, 15) is 18.0 Å². The summed E-state index contributed by atoms with van der Waals surface area (Å²) in [6.45, 7) is 3.41. The topological polar surface area (TPSA) is 122 Å². The van der Waals surface area contributed by atoms with Crippen molar-refractivity contribution in [2.24, 2.45) is 16.2 Å². The van der Waals surface area contributed by atoms with Gasteiger partial charge in [-0.2, -0.15) is 5.10 Å². The second-order valence-electron chi connectivity index (χ2n) is 7.14. The van der Waals surface area contributed by atoms with E-state index in [4.69, 9.17) is 16.7 Å². The fourth-order valence-corrected chi connectivity index (χ4v) is 4.62. The molecule has 1 aliphatic heterocycles. The molecule has 0 bridgehead atoms. The van der Waals surface area contributed by atoms with Crippen molar-refractivity contribution in [3.8, 4) is 0 Å². The van der Waals surface area contributed by atoms with Gasteiger partial charge in [0.05, 0.1) is 17.0 Å². The molecule has 158 valence electrons. The SMILES string of the molecule is Cc1cc(N2CC(C(=O)N/N=C/c3ccc(Cl)cc3)CC2=O)cc(C)c1S(N)(=O)=O. The molecule has 2 aromatic rings. The lowest BCUT2D eigenvalue weighted by atomic mass is 10.1. The van der Waals surface area contributed by atoms with Gasteiger partial charge < -0.3 is 4.90 Å². The first-order valence-corrected chi connectivity index (χ1v) is 11.0. The summed E-state index contributed by atoms with van der Waals surface area (Å²) in [5.74, 6) is -1.16. The zero-order chi connectivity index (χ0) is 22.1. The predicted molar refractivity (Wildman–Crippen MR) is 115 cm³/mol. The number of nitrogens with zero attached hydrogens (tertiary/aromatic N) is 2. The maximum atomic E-state index is 12.5. The Kier molecular flexibility index (Phi) is 6.25. The number of hydrogen-bond donors (Lipinski definition) is 2. The summed E-state index contributed by atoms with van der Waals surface area (Å²) in [6.07, 6.45) is 1.53. The average molecular weight is 449 g/mol. The van der Waals surface area contributed by atoms with E-state index in [1.807, 2.05) is 0 Å². The molecule has 2 amide bonds. The minimum Gasteiger partial charge on any atom is -0.312 e. The number of nitrogens with two attached hydrogens (primary N) is 1. The lowest BCUT2D eigenvalue weighted by Gasteiger charge is -2.19. The zero-order valence-corrected chi connectivity index (χ0v) is 18.0. The van der Waals surface area contributed by atoms with Crippen LogP contribution in [-0.2, 0) is 19.6 Å². The summed E-state index contributed by atoms with van der Waals surface area (Å²) >= 11 is 5.82. The molecule has 0 spiro atoms. The van der Waals surface area contributed by atoms with Crippen molar-refractivity contribution in [2.45, 2.75) is 25.2 Å². The Morgan fingerprint density at radius 3 is 2.40 bits per heavy atom. The van der Waals surface area contributed by atoms with Gasteiger partial charge in [-0.25, -0.2) is 19.0 Å². The molecular formula is C20H21ClN4O4S. The number of primary sulfonamides is 1. The molecule has 1 aliphatic rings. The van der Waals surface area contributed by atoms with E-state index in [1.165, 1.54) is 11.1 Å². The number of anilines is 1. The maximum absolute atomic E-state index is 12.5. The van der Waals surface area contributed by atoms with Crippen molar-refractivity contribution in [1.82, 2.24) is 5.43 Å². The van der Waals surface area contributed by atoms with Gasteiger partial charge in [-0.15, -0.1) is 0 Å². The Hall–Kier alpha value is -2.75. The van der Waals surface area contributed by atoms with E-state index in [1.54, 1.807) is 50.2 Å². The van der Waals surface area contributed by atoms with Crippen molar-refractivity contribution in [1.29, 1.82) is 0 Å². The average Bonchev–Trinajstić information content (AvgIpc) is 3.03. The number of hydrogen-bond acceptors (Lipinski definition) is 5. The Bertz CT molecular complexity index is 1110. The van der Waals surface area contributed by atoms with E-state index in [0.29, 0.717) is 21.8 Å². The Balaban J connectivity index is 1.70. The summed E-state index contributed by atoms with van der Waals surface area (Å²) in [6, 6.07) is 10.1. The maximum Gasteiger partial charge on any atom is 0.245 e. The smallest absolute Gasteiger partial charge is 0.245 e. The van der Waals surface area contributed by atoms with Crippen molar-refractivity contribution >= 4 is 45.3 Å². The van der Waals surface area contributed by atoms with Gasteiger partial charge in [0.25, 0.3) is 0 Å². The van der Waals surface area contributed by atoms with E-state index < -0.39 is 15.9 Å². The number of hydrazone groups is 1. The van der Waals surface area contributed by atoms with Gasteiger partial charge in [0.1, 0.15) is 0 Å². The van der Waals surface area contributed by atoms with Crippen LogP contribution in [0.2, 0.25) is 5.02 Å². The lowest BCUT2D eigenvalue weighted by Crippen LogP contribution is -2.30. The molecule has 10 heteroatoms. The van der Waals surface area contributed by atoms with Gasteiger partial charge in [-0.3, -0.25) is 9.59 Å². The van der Waals surface area contributed by atoms with Gasteiger partial charge in [-0.05, 0) is 54.8 Å². The van der Waals surface area contributed by atoms with Crippen LogP contribution in [0.15, 0.2) is 46.4 Å². The molecule has 3 N–H and O–H groups in total. The highest BCUT2D eigenvalue weighted by Crippen LogP contribution is 2.30. The van der Waals surface area contributed by atoms with Crippen LogP contribution in [0.1, 0.15) is 23.1 Å². The fourth-order valence-electron chi connectivity index (χ4n) is 3.48. The molecule has 8 nitrogen and oxygen atoms in total. The van der Waals surface area contributed by atoms with Crippen LogP contribution >= 0.6 is 11.6 Å². The minimum atomic E-state index is -3.87. The van der Waals surface area contributed by atoms with Crippen LogP contribution in [0.4, 0.5) is 5.69 Å². The first-order valence-electron chi connectivity index (χ1n) is 9.09. The van der Waals surface area contributed by atoms with Crippen LogP contribution in [0.3, 0.4) is 0 Å². The molecule has 0 radical (unpaired) electrons. The molecule has 1 heterocycles.